The molecule has 3 saturated heterocycles. The highest BCUT2D eigenvalue weighted by molar-refractivity contribution is 5.74. The Morgan fingerprint density at radius 3 is 2.58 bits per heavy atom. The van der Waals surface area contributed by atoms with E-state index >= 15 is 0 Å². The Kier molecular flexibility index (Phi) is 9.20. The van der Waals surface area contributed by atoms with E-state index in [0.717, 1.165) is 58.4 Å². The third-order valence-electron chi connectivity index (χ3n) is 7.90. The Morgan fingerprint density at radius 1 is 1.09 bits per heavy atom. The fraction of sp³-hybridized carbons (Fsp3) is 0.957. The van der Waals surface area contributed by atoms with Gasteiger partial charge in [0.05, 0.1) is 31.0 Å². The number of ether oxygens (including phenoxy) is 2. The van der Waals surface area contributed by atoms with Crippen molar-refractivity contribution in [2.45, 2.75) is 87.6 Å². The smallest absolute Gasteiger partial charge is 0.315 e. The second-order valence-corrected chi connectivity index (χ2v) is 9.99. The number of carbonyl (C=O) groups excluding carboxylic acids is 1. The lowest BCUT2D eigenvalue weighted by Gasteiger charge is -2.44. The molecule has 7 unspecified atom stereocenters. The average Bonchev–Trinajstić information content (AvgIpc) is 3.18. The number of carbonyl (C=O) groups is 1. The number of nitrogens with zero attached hydrogens (tertiary/aromatic N) is 2. The second-order valence-electron chi connectivity index (χ2n) is 9.99. The minimum Gasteiger partial charge on any atom is -0.394 e. The van der Waals surface area contributed by atoms with E-state index in [1.807, 2.05) is 0 Å². The zero-order chi connectivity index (χ0) is 23.2. The van der Waals surface area contributed by atoms with Crippen molar-refractivity contribution >= 4 is 6.03 Å². The number of amides is 2. The van der Waals surface area contributed by atoms with Gasteiger partial charge in [-0.1, -0.05) is 0 Å². The second kappa shape index (κ2) is 12.1. The normalized spacial score (nSPS) is 38.8. The van der Waals surface area contributed by atoms with Crippen LogP contribution in [0.15, 0.2) is 0 Å². The molecule has 0 aromatic heterocycles. The molecule has 2 amide bonds. The summed E-state index contributed by atoms with van der Waals surface area (Å²) in [6, 6.07) is -0.341. The summed E-state index contributed by atoms with van der Waals surface area (Å²) in [5.74, 6) is 0. The number of methoxy groups -OCH3 is 1. The number of nitrogens with one attached hydrogen (secondary N) is 3. The topological polar surface area (TPSA) is 119 Å². The number of rotatable bonds is 7. The van der Waals surface area contributed by atoms with Gasteiger partial charge in [-0.15, -0.1) is 0 Å². The summed E-state index contributed by atoms with van der Waals surface area (Å²) in [5.41, 5.74) is 0. The maximum absolute atomic E-state index is 12.5. The Labute approximate surface area is 197 Å². The van der Waals surface area contributed by atoms with E-state index in [0.29, 0.717) is 12.7 Å². The van der Waals surface area contributed by atoms with E-state index in [4.69, 9.17) is 9.47 Å². The van der Waals surface area contributed by atoms with E-state index in [1.54, 1.807) is 7.11 Å². The first kappa shape index (κ1) is 25.1. The molecule has 0 radical (unpaired) electrons. The van der Waals surface area contributed by atoms with Crippen LogP contribution in [-0.2, 0) is 9.47 Å². The largest absolute Gasteiger partial charge is 0.394 e. The number of piperidine rings is 1. The minimum atomic E-state index is -0.773. The molecule has 190 valence electrons. The summed E-state index contributed by atoms with van der Waals surface area (Å²) >= 11 is 0. The summed E-state index contributed by atoms with van der Waals surface area (Å²) in [6.45, 7) is 4.71. The molecule has 1 aliphatic carbocycles. The summed E-state index contributed by atoms with van der Waals surface area (Å²) in [7, 11) is 1.72. The van der Waals surface area contributed by atoms with Gasteiger partial charge in [0, 0.05) is 45.9 Å². The van der Waals surface area contributed by atoms with Crippen LogP contribution in [0.3, 0.4) is 0 Å². The van der Waals surface area contributed by atoms with Crippen molar-refractivity contribution in [1.82, 2.24) is 25.8 Å². The van der Waals surface area contributed by atoms with Crippen LogP contribution in [0.25, 0.3) is 0 Å². The number of aliphatic hydroxyl groups is 2. The zero-order valence-electron chi connectivity index (χ0n) is 20.0. The molecule has 10 heteroatoms. The zero-order valence-corrected chi connectivity index (χ0v) is 20.0. The van der Waals surface area contributed by atoms with Gasteiger partial charge in [0.25, 0.3) is 0 Å². The molecule has 3 heterocycles. The lowest BCUT2D eigenvalue weighted by Crippen LogP contribution is -2.61. The van der Waals surface area contributed by atoms with E-state index in [-0.39, 0.29) is 36.9 Å². The monoisotopic (exact) mass is 469 g/mol. The van der Waals surface area contributed by atoms with Crippen molar-refractivity contribution in [1.29, 1.82) is 0 Å². The van der Waals surface area contributed by atoms with Gasteiger partial charge in [-0.3, -0.25) is 9.80 Å². The first-order chi connectivity index (χ1) is 16.1. The van der Waals surface area contributed by atoms with Crippen LogP contribution in [0.4, 0.5) is 4.79 Å². The summed E-state index contributed by atoms with van der Waals surface area (Å²) in [5, 5.41) is 30.2. The Hall–Kier alpha value is -1.01. The van der Waals surface area contributed by atoms with E-state index in [2.05, 4.69) is 25.8 Å². The Bertz CT molecular complexity index is 614. The van der Waals surface area contributed by atoms with Crippen molar-refractivity contribution in [2.75, 3.05) is 53.0 Å². The standard InChI is InChI=1S/C23H43N5O5/c1-32-17-6-4-5-16(13-17)26-23(31)25-14-18-21(22(30)19(15-29)33-18)28-11-9-27(10-12-28)20-7-2-3-8-24-20/h16-22,24,29-30H,2-15H2,1H3,(H2,25,26,31). The van der Waals surface area contributed by atoms with Gasteiger partial charge in [0.15, 0.2) is 0 Å². The lowest BCUT2D eigenvalue weighted by atomic mass is 9.93. The van der Waals surface area contributed by atoms with Crippen molar-refractivity contribution in [3.05, 3.63) is 0 Å². The molecule has 33 heavy (non-hydrogen) atoms. The predicted molar refractivity (Wildman–Crippen MR) is 124 cm³/mol. The molecular formula is C23H43N5O5. The number of urea groups is 1. The summed E-state index contributed by atoms with van der Waals surface area (Å²) in [4.78, 5) is 17.3. The van der Waals surface area contributed by atoms with Crippen molar-refractivity contribution in [3.8, 4) is 0 Å². The molecule has 3 aliphatic heterocycles. The van der Waals surface area contributed by atoms with Gasteiger partial charge >= 0.3 is 6.03 Å². The maximum Gasteiger partial charge on any atom is 0.315 e. The van der Waals surface area contributed by atoms with Crippen LogP contribution in [0, 0.1) is 0 Å². The summed E-state index contributed by atoms with van der Waals surface area (Å²) in [6.07, 6.45) is 6.49. The number of piperazine rings is 1. The SMILES string of the molecule is COC1CCCC(NC(=O)NCC2OC(CO)C(O)C2N2CCN(C3CCCCN3)CC2)C1. The third kappa shape index (κ3) is 6.36. The highest BCUT2D eigenvalue weighted by Gasteiger charge is 2.47. The van der Waals surface area contributed by atoms with Crippen LogP contribution < -0.4 is 16.0 Å². The van der Waals surface area contributed by atoms with Gasteiger partial charge in [0.2, 0.25) is 0 Å². The van der Waals surface area contributed by atoms with Crippen LogP contribution >= 0.6 is 0 Å². The average molecular weight is 470 g/mol. The van der Waals surface area contributed by atoms with Gasteiger partial charge in [-0.25, -0.2) is 4.79 Å². The molecule has 1 saturated carbocycles. The molecular weight excluding hydrogens is 426 g/mol. The molecule has 0 spiro atoms. The van der Waals surface area contributed by atoms with Crippen LogP contribution in [0.5, 0.6) is 0 Å². The van der Waals surface area contributed by atoms with E-state index < -0.39 is 12.2 Å². The Balaban J connectivity index is 1.27. The first-order valence-electron chi connectivity index (χ1n) is 12.8. The van der Waals surface area contributed by atoms with Crippen molar-refractivity contribution in [2.24, 2.45) is 0 Å². The predicted octanol–water partition coefficient (Wildman–Crippen LogP) is -0.550. The lowest BCUT2D eigenvalue weighted by molar-refractivity contribution is -0.0206. The fourth-order valence-electron chi connectivity index (χ4n) is 6.01. The minimum absolute atomic E-state index is 0.112. The highest BCUT2D eigenvalue weighted by Crippen LogP contribution is 2.27. The van der Waals surface area contributed by atoms with Crippen LogP contribution in [-0.4, -0.2) is 122 Å². The van der Waals surface area contributed by atoms with Gasteiger partial charge in [-0.05, 0) is 51.5 Å². The fourth-order valence-corrected chi connectivity index (χ4v) is 6.01. The molecule has 7 atom stereocenters. The molecule has 5 N–H and O–H groups in total. The van der Waals surface area contributed by atoms with Crippen LogP contribution in [0.2, 0.25) is 0 Å². The molecule has 0 aromatic carbocycles. The van der Waals surface area contributed by atoms with Gasteiger partial charge in [0.1, 0.15) is 12.2 Å². The van der Waals surface area contributed by atoms with Gasteiger partial charge in [-0.2, -0.15) is 0 Å². The molecule has 4 rings (SSSR count). The molecule has 10 nitrogen and oxygen atoms in total. The number of hydrogen-bond acceptors (Lipinski definition) is 8. The number of hydrogen-bond donors (Lipinski definition) is 5. The molecule has 4 aliphatic rings. The number of aliphatic hydroxyl groups excluding tert-OH is 2. The Morgan fingerprint density at radius 2 is 1.88 bits per heavy atom. The maximum atomic E-state index is 12.5. The summed E-state index contributed by atoms with van der Waals surface area (Å²) < 4.78 is 11.4. The van der Waals surface area contributed by atoms with Gasteiger partial charge < -0.3 is 35.6 Å². The van der Waals surface area contributed by atoms with Crippen molar-refractivity contribution < 1.29 is 24.5 Å². The van der Waals surface area contributed by atoms with Crippen molar-refractivity contribution in [3.63, 3.8) is 0 Å². The van der Waals surface area contributed by atoms with E-state index in [1.165, 1.54) is 19.3 Å². The first-order valence-corrected chi connectivity index (χ1v) is 12.8. The van der Waals surface area contributed by atoms with E-state index in [9.17, 15) is 15.0 Å². The molecule has 4 fully saturated rings. The molecule has 0 aromatic rings. The quantitative estimate of drug-likeness (QED) is 0.337. The highest BCUT2D eigenvalue weighted by atomic mass is 16.5. The van der Waals surface area contributed by atoms with Crippen LogP contribution in [0.1, 0.15) is 44.9 Å². The molecule has 0 bridgehead atoms. The third-order valence-corrected chi connectivity index (χ3v) is 7.90.